The summed E-state index contributed by atoms with van der Waals surface area (Å²) in [5, 5.41) is -0.0969. The van der Waals surface area contributed by atoms with E-state index in [-0.39, 0.29) is 34.7 Å². The molecule has 2 N–H and O–H groups in total. The summed E-state index contributed by atoms with van der Waals surface area (Å²) in [6, 6.07) is -4.19. The first-order valence-corrected chi connectivity index (χ1v) is 6.28. The largest absolute Gasteiger partial charge is 0.447 e. The third-order valence-electron chi connectivity index (χ3n) is 2.95. The SMILES string of the molecule is [2H]c1c(C([2H])([2H])[C@@H]2N([2H])C(=O)OC2([2H])[2H])c([2H])c2c(CCN(C)C([2H])([2H])[2H])cn([2H])c2c1[2H]. The van der Waals surface area contributed by atoms with Crippen molar-refractivity contribution < 1.29 is 26.1 Å². The van der Waals surface area contributed by atoms with Crippen molar-refractivity contribution in [2.45, 2.75) is 18.8 Å². The van der Waals surface area contributed by atoms with E-state index in [1.165, 1.54) is 13.2 Å². The molecule has 0 aliphatic carbocycles. The minimum atomic E-state index is -2.99. The van der Waals surface area contributed by atoms with Crippen LogP contribution < -0.4 is 5.31 Å². The molecule has 0 unspecified atom stereocenters. The minimum Gasteiger partial charge on any atom is -0.447 e. The number of hydrogen-bond donors (Lipinski definition) is 2. The maximum atomic E-state index is 11.7. The fourth-order valence-corrected chi connectivity index (χ4v) is 1.95. The Labute approximate surface area is 141 Å². The van der Waals surface area contributed by atoms with Gasteiger partial charge in [0.2, 0.25) is 0 Å². The lowest BCUT2D eigenvalue weighted by Gasteiger charge is -2.09. The van der Waals surface area contributed by atoms with Crippen molar-refractivity contribution >= 4 is 17.0 Å². The molecular formula is C16H21N3O2. The molecule has 0 saturated carbocycles. The number of amides is 1. The van der Waals surface area contributed by atoms with E-state index in [0.29, 0.717) is 0 Å². The van der Waals surface area contributed by atoms with Gasteiger partial charge < -0.3 is 19.9 Å². The van der Waals surface area contributed by atoms with E-state index >= 15 is 0 Å². The lowest BCUT2D eigenvalue weighted by atomic mass is 10.0. The smallest absolute Gasteiger partial charge is 0.407 e. The summed E-state index contributed by atoms with van der Waals surface area (Å²) in [7, 11) is 1.36. The summed E-state index contributed by atoms with van der Waals surface area (Å²) in [6.07, 6.45) is -3.17. The van der Waals surface area contributed by atoms with Gasteiger partial charge in [-0.25, -0.2) is 4.79 Å². The lowest BCUT2D eigenvalue weighted by molar-refractivity contribution is 0.177. The molecule has 5 nitrogen and oxygen atoms in total. The molecule has 1 amide bonds. The highest BCUT2D eigenvalue weighted by atomic mass is 16.6. The molecule has 1 atom stereocenters. The van der Waals surface area contributed by atoms with Crippen molar-refractivity contribution in [1.82, 2.24) is 15.2 Å². The first-order chi connectivity index (χ1) is 14.9. The minimum absolute atomic E-state index is 0.0126. The monoisotopic (exact) mass is 299 g/mol. The molecular weight excluding hydrogens is 266 g/mol. The van der Waals surface area contributed by atoms with Gasteiger partial charge in [0, 0.05) is 30.5 Å². The van der Waals surface area contributed by atoms with Gasteiger partial charge in [-0.3, -0.25) is 0 Å². The van der Waals surface area contributed by atoms with Crippen LogP contribution in [-0.2, 0) is 17.5 Å². The fourth-order valence-electron chi connectivity index (χ4n) is 1.95. The maximum absolute atomic E-state index is 11.7. The number of fused-ring (bicyclic) bond motifs is 1. The molecule has 1 aromatic heterocycles. The Hall–Kier alpha value is -2.01. The fraction of sp³-hybridized carbons (Fsp3) is 0.438. The topological polar surface area (TPSA) is 57.4 Å². The number of nitrogens with zero attached hydrogens (tertiary/aromatic N) is 1. The number of aromatic nitrogens is 1. The van der Waals surface area contributed by atoms with E-state index in [2.05, 4.69) is 4.74 Å². The summed E-state index contributed by atoms with van der Waals surface area (Å²) in [5.41, 5.74) is -0.641. The Morgan fingerprint density at radius 1 is 1.71 bits per heavy atom. The Kier molecular flexibility index (Phi) is 1.55. The molecule has 21 heavy (non-hydrogen) atoms. The van der Waals surface area contributed by atoms with Crippen molar-refractivity contribution in [2.24, 2.45) is 0 Å². The number of ether oxygens (including phenoxy) is 1. The Morgan fingerprint density at radius 2 is 2.62 bits per heavy atom. The molecule has 0 radical (unpaired) electrons. The number of aromatic amines is 1. The van der Waals surface area contributed by atoms with E-state index in [0.717, 1.165) is 9.88 Å². The highest BCUT2D eigenvalue weighted by Gasteiger charge is 2.22. The Bertz CT molecular complexity index is 1110. The quantitative estimate of drug-likeness (QED) is 0.887. The second-order valence-corrected chi connectivity index (χ2v) is 4.59. The number of alkyl carbamates (subject to hydrolysis) is 1. The molecule has 0 spiro atoms. The van der Waals surface area contributed by atoms with Crippen LogP contribution in [0.5, 0.6) is 0 Å². The number of cyclic esters (lactones) is 1. The maximum Gasteiger partial charge on any atom is 0.407 e. The van der Waals surface area contributed by atoms with E-state index < -0.39 is 55.7 Å². The van der Waals surface area contributed by atoms with Gasteiger partial charge in [0.1, 0.15) is 6.56 Å². The number of rotatable bonds is 5. The zero-order valence-electron chi connectivity index (χ0n) is 23.2. The van der Waals surface area contributed by atoms with Gasteiger partial charge in [0.05, 0.1) is 12.9 Å². The average molecular weight is 299 g/mol. The molecule has 2 heterocycles. The molecule has 1 fully saturated rings. The molecule has 3 rings (SSSR count). The van der Waals surface area contributed by atoms with Crippen LogP contribution in [0.2, 0.25) is 2.82 Å². The van der Waals surface area contributed by atoms with Gasteiger partial charge in [0.15, 0.2) is 2.82 Å². The highest BCUT2D eigenvalue weighted by molar-refractivity contribution is 5.84. The Morgan fingerprint density at radius 3 is 3.38 bits per heavy atom. The van der Waals surface area contributed by atoms with Crippen LogP contribution in [-0.4, -0.2) is 49.1 Å². The highest BCUT2D eigenvalue weighted by Crippen LogP contribution is 2.21. The Balaban J connectivity index is 2.21. The first-order valence-electron chi connectivity index (χ1n) is 12.2. The molecule has 1 aromatic carbocycles. The number of H-pyrrole nitrogens is 1. The number of likely N-dealkylation sites (N-methyl/N-ethyl adjacent to an activating group) is 1. The van der Waals surface area contributed by atoms with E-state index in [4.69, 9.17) is 16.5 Å². The lowest BCUT2D eigenvalue weighted by Crippen LogP contribution is -2.28. The second-order valence-electron chi connectivity index (χ2n) is 4.59. The van der Waals surface area contributed by atoms with Crippen molar-refractivity contribution in [1.29, 1.82) is 0 Å². The van der Waals surface area contributed by atoms with Crippen LogP contribution in [0.4, 0.5) is 4.79 Å². The van der Waals surface area contributed by atoms with Gasteiger partial charge in [-0.1, -0.05) is 6.04 Å². The van der Waals surface area contributed by atoms with Crippen LogP contribution in [0.1, 0.15) is 24.8 Å². The molecule has 5 heteroatoms. The standard InChI is InChI=1S/C16H21N3O2/c1-19(2)6-5-12-9-17-15-4-3-11(8-14(12)15)7-13-10-21-16(20)18-13/h3-4,8-9,13,17H,5-7,10H2,1-2H3,(H,18,20)/t13-/m0/s1/i1D3,3D,4D,7D2,8D,10D2/hD2. The summed E-state index contributed by atoms with van der Waals surface area (Å²) < 4.78 is 100. The summed E-state index contributed by atoms with van der Waals surface area (Å²) in [4.78, 5) is 13.5. The molecule has 2 aromatic rings. The summed E-state index contributed by atoms with van der Waals surface area (Å²) >= 11 is 0. The zero-order chi connectivity index (χ0) is 25.3. The van der Waals surface area contributed by atoms with Gasteiger partial charge in [-0.15, -0.1) is 0 Å². The average Bonchev–Trinajstić information content (AvgIpc) is 3.09. The van der Waals surface area contributed by atoms with Crippen molar-refractivity contribution in [3.63, 3.8) is 0 Å². The van der Waals surface area contributed by atoms with E-state index in [1.54, 1.807) is 0 Å². The van der Waals surface area contributed by atoms with E-state index in [9.17, 15) is 4.79 Å². The van der Waals surface area contributed by atoms with Crippen LogP contribution in [0.15, 0.2) is 24.3 Å². The number of benzene rings is 1. The molecule has 1 aliphatic rings. The molecule has 112 valence electrons. The predicted octanol–water partition coefficient (Wildman–Crippen LogP) is 1.92. The van der Waals surface area contributed by atoms with Gasteiger partial charge in [-0.05, 0) is 50.0 Å². The van der Waals surface area contributed by atoms with E-state index in [1.807, 2.05) is 0 Å². The molecule has 1 saturated heterocycles. The van der Waals surface area contributed by atoms with Crippen molar-refractivity contribution in [2.75, 3.05) is 27.1 Å². The van der Waals surface area contributed by atoms with Crippen LogP contribution in [0.25, 0.3) is 10.9 Å². The summed E-state index contributed by atoms with van der Waals surface area (Å²) in [5.74, 6) is 0. The van der Waals surface area contributed by atoms with Crippen LogP contribution >= 0.6 is 0 Å². The number of carbonyl (C=O) groups excluding carboxylic acids is 1. The predicted molar refractivity (Wildman–Crippen MR) is 82.5 cm³/mol. The van der Waals surface area contributed by atoms with Gasteiger partial charge in [-0.2, -0.15) is 0 Å². The van der Waals surface area contributed by atoms with Crippen LogP contribution in [0.3, 0.4) is 0 Å². The normalized spacial score (nSPS) is 30.7. The van der Waals surface area contributed by atoms with Crippen molar-refractivity contribution in [3.8, 4) is 0 Å². The third-order valence-corrected chi connectivity index (χ3v) is 2.95. The third kappa shape index (κ3) is 3.19. The zero-order valence-corrected chi connectivity index (χ0v) is 11.2. The number of nitrogens with one attached hydrogen (secondary N) is 2. The van der Waals surface area contributed by atoms with Crippen LogP contribution in [0, 0.1) is 0 Å². The number of carbonyl (C=O) groups is 1. The molecule has 0 bridgehead atoms. The molecule has 1 aliphatic heterocycles. The summed E-state index contributed by atoms with van der Waals surface area (Å²) in [6.45, 7) is -5.36. The van der Waals surface area contributed by atoms with Gasteiger partial charge in [0.25, 0.3) is 0 Å². The first kappa shape index (κ1) is 5.65. The number of hydrogen-bond acceptors (Lipinski definition) is 3. The second kappa shape index (κ2) is 5.77. The van der Waals surface area contributed by atoms with Crippen molar-refractivity contribution in [3.05, 3.63) is 35.5 Å². The van der Waals surface area contributed by atoms with Gasteiger partial charge >= 0.3 is 6.09 Å².